The number of alkyl halides is 3. The molecule has 3 N–H and O–H groups in total. The first-order chi connectivity index (χ1) is 17.9. The van der Waals surface area contributed by atoms with Crippen LogP contribution in [0.3, 0.4) is 0 Å². The van der Waals surface area contributed by atoms with Gasteiger partial charge >= 0.3 is 6.18 Å². The van der Waals surface area contributed by atoms with Gasteiger partial charge in [0, 0.05) is 30.9 Å². The lowest BCUT2D eigenvalue weighted by Gasteiger charge is -2.15. The van der Waals surface area contributed by atoms with Crippen LogP contribution in [0.4, 0.5) is 23.2 Å². The molecule has 38 heavy (non-hydrogen) atoms. The monoisotopic (exact) mass is 528 g/mol. The maximum atomic E-state index is 14.9. The fraction of sp³-hybridized carbons (Fsp3) is 0.231. The number of carbonyl (C=O) groups is 1. The number of carbonyl (C=O) groups excluding carboxylic acids is 1. The lowest BCUT2D eigenvalue weighted by atomic mass is 9.99. The van der Waals surface area contributed by atoms with Crippen LogP contribution >= 0.6 is 0 Å². The van der Waals surface area contributed by atoms with Crippen molar-refractivity contribution in [2.75, 3.05) is 5.32 Å². The number of aromatic nitrogens is 4. The van der Waals surface area contributed by atoms with Crippen LogP contribution in [0.1, 0.15) is 34.2 Å². The molecule has 4 rings (SSSR count). The fourth-order valence-electron chi connectivity index (χ4n) is 3.82. The van der Waals surface area contributed by atoms with E-state index in [4.69, 9.17) is 0 Å². The second kappa shape index (κ2) is 10.7. The van der Waals surface area contributed by atoms with Crippen LogP contribution < -0.4 is 10.6 Å². The van der Waals surface area contributed by atoms with E-state index in [1.54, 1.807) is 32.0 Å². The molecule has 8 nitrogen and oxygen atoms in total. The molecule has 0 spiro atoms. The highest BCUT2D eigenvalue weighted by Gasteiger charge is 2.36. The van der Waals surface area contributed by atoms with Crippen molar-refractivity contribution >= 4 is 11.6 Å². The van der Waals surface area contributed by atoms with Crippen LogP contribution in [0.25, 0.3) is 22.5 Å². The summed E-state index contributed by atoms with van der Waals surface area (Å²) in [5.41, 5.74) is -0.420. The quantitative estimate of drug-likeness (QED) is 0.238. The second-order valence-electron chi connectivity index (χ2n) is 8.64. The predicted molar refractivity (Wildman–Crippen MR) is 132 cm³/mol. The number of nitrogens with zero attached hydrogens (tertiary/aromatic N) is 4. The van der Waals surface area contributed by atoms with E-state index in [1.165, 1.54) is 30.2 Å². The van der Waals surface area contributed by atoms with Crippen molar-refractivity contribution < 1.29 is 27.5 Å². The summed E-state index contributed by atoms with van der Waals surface area (Å²) in [7, 11) is 1.53. The zero-order valence-electron chi connectivity index (χ0n) is 20.6. The Morgan fingerprint density at radius 3 is 2.61 bits per heavy atom. The first-order valence-electron chi connectivity index (χ1n) is 11.5. The van der Waals surface area contributed by atoms with Gasteiger partial charge in [0.25, 0.3) is 5.91 Å². The van der Waals surface area contributed by atoms with Crippen molar-refractivity contribution in [2.45, 2.75) is 32.8 Å². The lowest BCUT2D eigenvalue weighted by molar-refractivity contribution is -0.137. The first-order valence-corrected chi connectivity index (χ1v) is 11.5. The fourth-order valence-corrected chi connectivity index (χ4v) is 3.82. The van der Waals surface area contributed by atoms with E-state index in [0.717, 1.165) is 11.6 Å². The number of hydrogen-bond acceptors (Lipinski definition) is 6. The van der Waals surface area contributed by atoms with Gasteiger partial charge in [0.15, 0.2) is 0 Å². The van der Waals surface area contributed by atoms with Gasteiger partial charge in [0.2, 0.25) is 0 Å². The molecular weight excluding hydrogens is 504 g/mol. The normalized spacial score (nSPS) is 12.4. The molecule has 0 bridgehead atoms. The van der Waals surface area contributed by atoms with Crippen LogP contribution in [-0.4, -0.2) is 37.0 Å². The number of halogens is 4. The number of nitrogens with one attached hydrogen (secondary N) is 2. The lowest BCUT2D eigenvalue weighted by Crippen LogP contribution is -2.24. The van der Waals surface area contributed by atoms with Crippen molar-refractivity contribution in [3.05, 3.63) is 83.2 Å². The van der Waals surface area contributed by atoms with Crippen LogP contribution in [0.15, 0.2) is 54.9 Å². The summed E-state index contributed by atoms with van der Waals surface area (Å²) < 4.78 is 57.2. The molecule has 2 heterocycles. The Labute approximate surface area is 215 Å². The highest BCUT2D eigenvalue weighted by atomic mass is 19.4. The number of amides is 1. The molecule has 0 aliphatic heterocycles. The molecule has 0 fully saturated rings. The van der Waals surface area contributed by atoms with Gasteiger partial charge in [-0.1, -0.05) is 18.2 Å². The molecular formula is C26H24F4N6O2. The summed E-state index contributed by atoms with van der Waals surface area (Å²) in [6.45, 7) is 3.61. The van der Waals surface area contributed by atoms with Crippen molar-refractivity contribution in [1.29, 1.82) is 0 Å². The smallest absolute Gasteiger partial charge is 0.379 e. The molecule has 4 aromatic rings. The summed E-state index contributed by atoms with van der Waals surface area (Å²) in [5.74, 6) is -1.91. The Balaban J connectivity index is 1.72. The van der Waals surface area contributed by atoms with Gasteiger partial charge in [-0.2, -0.15) is 18.3 Å². The molecule has 0 saturated carbocycles. The summed E-state index contributed by atoms with van der Waals surface area (Å²) in [4.78, 5) is 21.7. The molecule has 0 aliphatic rings. The van der Waals surface area contributed by atoms with Gasteiger partial charge in [-0.25, -0.2) is 14.4 Å². The van der Waals surface area contributed by atoms with Gasteiger partial charge in [0.05, 0.1) is 34.4 Å². The number of hydrogen-bond donors (Lipinski definition) is 3. The van der Waals surface area contributed by atoms with Crippen molar-refractivity contribution in [2.24, 2.45) is 7.05 Å². The van der Waals surface area contributed by atoms with Gasteiger partial charge in [0.1, 0.15) is 17.9 Å². The maximum absolute atomic E-state index is 14.9. The molecule has 2 aromatic carbocycles. The molecule has 0 saturated heterocycles. The number of rotatable bonds is 7. The van der Waals surface area contributed by atoms with Gasteiger partial charge in [-0.15, -0.1) is 0 Å². The van der Waals surface area contributed by atoms with Gasteiger partial charge in [-0.05, 0) is 43.7 Å². The van der Waals surface area contributed by atoms with E-state index in [1.807, 2.05) is 6.07 Å². The Kier molecular flexibility index (Phi) is 7.56. The summed E-state index contributed by atoms with van der Waals surface area (Å²) in [6, 6.07) is 9.63. The molecule has 2 aromatic heterocycles. The molecule has 0 radical (unpaired) electrons. The largest absolute Gasteiger partial charge is 0.417 e. The van der Waals surface area contributed by atoms with Crippen LogP contribution in [0.5, 0.6) is 0 Å². The van der Waals surface area contributed by atoms with E-state index in [9.17, 15) is 27.5 Å². The van der Waals surface area contributed by atoms with Gasteiger partial charge in [-0.3, -0.25) is 14.8 Å². The Morgan fingerprint density at radius 1 is 1.18 bits per heavy atom. The average molecular weight is 529 g/mol. The van der Waals surface area contributed by atoms with Crippen LogP contribution in [0, 0.1) is 12.7 Å². The molecule has 12 heteroatoms. The summed E-state index contributed by atoms with van der Waals surface area (Å²) >= 11 is 0. The molecule has 1 unspecified atom stereocenters. The van der Waals surface area contributed by atoms with E-state index < -0.39 is 40.8 Å². The molecule has 0 aliphatic carbocycles. The van der Waals surface area contributed by atoms with Crippen LogP contribution in [0.2, 0.25) is 0 Å². The first kappa shape index (κ1) is 26.9. The Morgan fingerprint density at radius 2 is 1.95 bits per heavy atom. The third-order valence-corrected chi connectivity index (χ3v) is 5.61. The SMILES string of the molecule is Cc1ncc(NC(=O)c2cc(-c3ccn(C)n3)c(C(F)(F)F)cc2F)c(-c2cccc(CNC(C)O)c2)n1. The van der Waals surface area contributed by atoms with Crippen molar-refractivity contribution in [3.8, 4) is 22.5 Å². The molecule has 198 valence electrons. The van der Waals surface area contributed by atoms with Gasteiger partial charge < -0.3 is 10.4 Å². The Hall–Kier alpha value is -4.16. The predicted octanol–water partition coefficient (Wildman–Crippen LogP) is 4.69. The minimum absolute atomic E-state index is 0.0594. The number of benzene rings is 2. The number of anilines is 1. The zero-order chi connectivity index (χ0) is 27.6. The number of aliphatic hydroxyl groups excluding tert-OH is 1. The summed E-state index contributed by atoms with van der Waals surface area (Å²) in [6.07, 6.45) is -2.80. The molecule has 1 amide bonds. The average Bonchev–Trinajstić information content (AvgIpc) is 3.29. The maximum Gasteiger partial charge on any atom is 0.417 e. The highest BCUT2D eigenvalue weighted by molar-refractivity contribution is 6.06. The topological polar surface area (TPSA) is 105 Å². The minimum atomic E-state index is -4.87. The van der Waals surface area contributed by atoms with E-state index in [0.29, 0.717) is 29.7 Å². The van der Waals surface area contributed by atoms with Crippen molar-refractivity contribution in [3.63, 3.8) is 0 Å². The van der Waals surface area contributed by atoms with Crippen molar-refractivity contribution in [1.82, 2.24) is 25.1 Å². The van der Waals surface area contributed by atoms with Crippen LogP contribution in [-0.2, 0) is 19.8 Å². The zero-order valence-corrected chi connectivity index (χ0v) is 20.6. The van der Waals surface area contributed by atoms with E-state index in [-0.39, 0.29) is 11.4 Å². The second-order valence-corrected chi connectivity index (χ2v) is 8.64. The standard InChI is InChI=1S/C26H24F4N6O2/c1-14-31-13-23(24(33-14)17-6-4-5-16(9-17)12-32-15(2)37)34-25(38)19-10-18(22-7-8-36(3)35-22)20(11-21(19)27)26(28,29)30/h4-11,13,15,32,37H,12H2,1-3H3,(H,34,38). The molecule has 1 atom stereocenters. The third kappa shape index (κ3) is 6.03. The number of aliphatic hydroxyl groups is 1. The summed E-state index contributed by atoms with van der Waals surface area (Å²) in [5, 5.41) is 18.9. The Bertz CT molecular complexity index is 1480. The third-order valence-electron chi connectivity index (χ3n) is 5.61. The minimum Gasteiger partial charge on any atom is -0.379 e. The highest BCUT2D eigenvalue weighted by Crippen LogP contribution is 2.38. The van der Waals surface area contributed by atoms with E-state index in [2.05, 4.69) is 25.7 Å². The van der Waals surface area contributed by atoms with E-state index >= 15 is 0 Å². The number of aryl methyl sites for hydroxylation is 2.